The minimum Gasteiger partial charge on any atom is -0.507 e. The predicted octanol–water partition coefficient (Wildman–Crippen LogP) is 2.83. The Morgan fingerprint density at radius 2 is 2.15 bits per heavy atom. The van der Waals surface area contributed by atoms with Gasteiger partial charge in [-0.3, -0.25) is 14.9 Å². The SMILES string of the molecule is O=c1c2c3c(sc2ncn1/N=C\c1cc([N+](=O)[O-])ccc1O)CCCC3. The zero-order valence-electron chi connectivity index (χ0n) is 13.6. The molecule has 1 N–H and O–H groups in total. The van der Waals surface area contributed by atoms with E-state index in [2.05, 4.69) is 10.1 Å². The fourth-order valence-corrected chi connectivity index (χ4v) is 4.32. The van der Waals surface area contributed by atoms with Crippen molar-refractivity contribution in [2.45, 2.75) is 25.7 Å². The first kappa shape index (κ1) is 16.4. The Kier molecular flexibility index (Phi) is 4.00. The summed E-state index contributed by atoms with van der Waals surface area (Å²) >= 11 is 1.55. The molecule has 9 heteroatoms. The van der Waals surface area contributed by atoms with Crippen LogP contribution in [0, 0.1) is 10.1 Å². The molecule has 0 saturated carbocycles. The quantitative estimate of drug-likeness (QED) is 0.433. The van der Waals surface area contributed by atoms with Gasteiger partial charge in [0.25, 0.3) is 11.2 Å². The first-order chi connectivity index (χ1) is 12.5. The van der Waals surface area contributed by atoms with Crippen molar-refractivity contribution in [3.05, 3.63) is 61.0 Å². The molecule has 1 aliphatic rings. The summed E-state index contributed by atoms with van der Waals surface area (Å²) in [6.07, 6.45) is 6.57. The number of nitrogens with zero attached hydrogens (tertiary/aromatic N) is 4. The number of hydrogen-bond acceptors (Lipinski definition) is 7. The molecule has 4 rings (SSSR count). The highest BCUT2D eigenvalue weighted by atomic mass is 32.1. The number of aromatic nitrogens is 2. The smallest absolute Gasteiger partial charge is 0.282 e. The Hall–Kier alpha value is -3.07. The van der Waals surface area contributed by atoms with Crippen molar-refractivity contribution >= 4 is 33.5 Å². The molecule has 0 bridgehead atoms. The van der Waals surface area contributed by atoms with Crippen LogP contribution in [0.2, 0.25) is 0 Å². The van der Waals surface area contributed by atoms with Gasteiger partial charge in [0, 0.05) is 22.6 Å². The highest BCUT2D eigenvalue weighted by Gasteiger charge is 2.19. The number of benzene rings is 1. The van der Waals surface area contributed by atoms with E-state index in [1.54, 1.807) is 11.3 Å². The van der Waals surface area contributed by atoms with Crippen molar-refractivity contribution in [2.75, 3.05) is 0 Å². The number of phenols is 1. The molecule has 0 radical (unpaired) electrons. The largest absolute Gasteiger partial charge is 0.507 e. The van der Waals surface area contributed by atoms with Crippen molar-refractivity contribution in [1.82, 2.24) is 9.66 Å². The molecule has 0 saturated heterocycles. The molecule has 2 aromatic heterocycles. The Labute approximate surface area is 151 Å². The van der Waals surface area contributed by atoms with Crippen molar-refractivity contribution in [3.8, 4) is 5.75 Å². The summed E-state index contributed by atoms with van der Waals surface area (Å²) in [7, 11) is 0. The number of fused-ring (bicyclic) bond motifs is 3. The second kappa shape index (κ2) is 6.34. The van der Waals surface area contributed by atoms with Crippen LogP contribution in [0.25, 0.3) is 10.2 Å². The van der Waals surface area contributed by atoms with Gasteiger partial charge < -0.3 is 5.11 Å². The molecule has 1 aliphatic carbocycles. The molecule has 2 heterocycles. The number of aromatic hydroxyl groups is 1. The van der Waals surface area contributed by atoms with Gasteiger partial charge in [0.1, 0.15) is 16.9 Å². The van der Waals surface area contributed by atoms with Crippen molar-refractivity contribution < 1.29 is 10.0 Å². The molecule has 0 atom stereocenters. The maximum absolute atomic E-state index is 12.8. The lowest BCUT2D eigenvalue weighted by Gasteiger charge is -2.09. The summed E-state index contributed by atoms with van der Waals surface area (Å²) < 4.78 is 1.10. The van der Waals surface area contributed by atoms with Gasteiger partial charge in [-0.2, -0.15) is 9.78 Å². The lowest BCUT2D eigenvalue weighted by atomic mass is 9.97. The normalized spacial score (nSPS) is 14.0. The Morgan fingerprint density at radius 1 is 1.35 bits per heavy atom. The molecule has 0 fully saturated rings. The molecule has 1 aromatic carbocycles. The topological polar surface area (TPSA) is 111 Å². The summed E-state index contributed by atoms with van der Waals surface area (Å²) in [4.78, 5) is 29.3. The van der Waals surface area contributed by atoms with Crippen molar-refractivity contribution in [1.29, 1.82) is 0 Å². The fourth-order valence-electron chi connectivity index (χ4n) is 3.10. The zero-order valence-corrected chi connectivity index (χ0v) is 14.4. The van der Waals surface area contributed by atoms with E-state index >= 15 is 0 Å². The van der Waals surface area contributed by atoms with E-state index in [0.29, 0.717) is 10.2 Å². The van der Waals surface area contributed by atoms with Crippen LogP contribution in [0.3, 0.4) is 0 Å². The lowest BCUT2D eigenvalue weighted by molar-refractivity contribution is -0.384. The predicted molar refractivity (Wildman–Crippen MR) is 98.3 cm³/mol. The third-order valence-electron chi connectivity index (χ3n) is 4.40. The van der Waals surface area contributed by atoms with Gasteiger partial charge in [-0.1, -0.05) is 0 Å². The first-order valence-corrected chi connectivity index (χ1v) is 8.90. The van der Waals surface area contributed by atoms with Gasteiger partial charge in [0.2, 0.25) is 0 Å². The van der Waals surface area contributed by atoms with E-state index in [0.717, 1.165) is 35.9 Å². The summed E-state index contributed by atoms with van der Waals surface area (Å²) in [5.74, 6) is -0.158. The standard InChI is InChI=1S/C17H14N4O4S/c22-13-6-5-11(21(24)25)7-10(13)8-19-20-9-18-16-15(17(20)23)12-3-1-2-4-14(12)26-16/h5-9,22H,1-4H2/b19-8-. The maximum atomic E-state index is 12.8. The maximum Gasteiger partial charge on any atom is 0.282 e. The third-order valence-corrected chi connectivity index (χ3v) is 5.60. The van der Waals surface area contributed by atoms with Crippen LogP contribution in [0.5, 0.6) is 5.75 Å². The number of thiophene rings is 1. The average Bonchev–Trinajstić information content (AvgIpc) is 3.01. The van der Waals surface area contributed by atoms with Gasteiger partial charge in [-0.25, -0.2) is 4.98 Å². The molecule has 8 nitrogen and oxygen atoms in total. The third kappa shape index (κ3) is 2.76. The summed E-state index contributed by atoms with van der Waals surface area (Å²) in [6.45, 7) is 0. The fraction of sp³-hybridized carbons (Fsp3) is 0.235. The minimum absolute atomic E-state index is 0.151. The lowest BCUT2D eigenvalue weighted by Crippen LogP contribution is -2.18. The number of phenolic OH excluding ortho intramolecular Hbond substituents is 1. The number of nitro benzene ring substituents is 1. The van der Waals surface area contributed by atoms with Crippen molar-refractivity contribution in [3.63, 3.8) is 0 Å². The van der Waals surface area contributed by atoms with Gasteiger partial charge in [-0.05, 0) is 37.3 Å². The first-order valence-electron chi connectivity index (χ1n) is 8.08. The molecule has 132 valence electrons. The van der Waals surface area contributed by atoms with Crippen molar-refractivity contribution in [2.24, 2.45) is 5.10 Å². The van der Waals surface area contributed by atoms with Crippen LogP contribution in [-0.4, -0.2) is 25.9 Å². The number of non-ortho nitro benzene ring substituents is 1. The van der Waals surface area contributed by atoms with Crippen LogP contribution < -0.4 is 5.56 Å². The van der Waals surface area contributed by atoms with Crippen LogP contribution in [0.15, 0.2) is 34.4 Å². The van der Waals surface area contributed by atoms with Gasteiger partial charge in [-0.15, -0.1) is 11.3 Å². The van der Waals surface area contributed by atoms with Crippen LogP contribution in [0.4, 0.5) is 5.69 Å². The molecular weight excluding hydrogens is 356 g/mol. The number of nitro groups is 1. The van der Waals surface area contributed by atoms with Crippen LogP contribution in [-0.2, 0) is 12.8 Å². The Morgan fingerprint density at radius 3 is 2.96 bits per heavy atom. The molecular formula is C17H14N4O4S. The molecule has 0 amide bonds. The number of hydrogen-bond donors (Lipinski definition) is 1. The number of aryl methyl sites for hydroxylation is 2. The highest BCUT2D eigenvalue weighted by molar-refractivity contribution is 7.18. The molecule has 0 aliphatic heterocycles. The van der Waals surface area contributed by atoms with Gasteiger partial charge in [0.15, 0.2) is 0 Å². The highest BCUT2D eigenvalue weighted by Crippen LogP contribution is 2.33. The van der Waals surface area contributed by atoms with Crippen LogP contribution >= 0.6 is 11.3 Å². The van der Waals surface area contributed by atoms with Gasteiger partial charge >= 0.3 is 0 Å². The second-order valence-electron chi connectivity index (χ2n) is 6.03. The van der Waals surface area contributed by atoms with E-state index in [1.807, 2.05) is 0 Å². The van der Waals surface area contributed by atoms with E-state index in [-0.39, 0.29) is 22.6 Å². The molecule has 0 unspecified atom stereocenters. The summed E-state index contributed by atoms with van der Waals surface area (Å²) in [6, 6.07) is 3.62. The molecule has 0 spiro atoms. The average molecular weight is 370 g/mol. The number of rotatable bonds is 3. The molecule has 26 heavy (non-hydrogen) atoms. The zero-order chi connectivity index (χ0) is 18.3. The van der Waals surface area contributed by atoms with E-state index in [9.17, 15) is 20.0 Å². The van der Waals surface area contributed by atoms with E-state index in [1.165, 1.54) is 35.6 Å². The second-order valence-corrected chi connectivity index (χ2v) is 7.11. The summed E-state index contributed by atoms with van der Waals surface area (Å²) in [5.41, 5.74) is 0.780. The monoisotopic (exact) mass is 370 g/mol. The Balaban J connectivity index is 1.77. The minimum atomic E-state index is -0.561. The summed E-state index contributed by atoms with van der Waals surface area (Å²) in [5, 5.41) is 25.4. The molecule has 3 aromatic rings. The van der Waals surface area contributed by atoms with E-state index in [4.69, 9.17) is 0 Å². The van der Waals surface area contributed by atoms with Crippen LogP contribution in [0.1, 0.15) is 28.8 Å². The Bertz CT molecular complexity index is 1120. The van der Waals surface area contributed by atoms with E-state index < -0.39 is 4.92 Å². The van der Waals surface area contributed by atoms with Gasteiger partial charge in [0.05, 0.1) is 16.5 Å².